The Hall–Kier alpha value is -0.370. The normalized spacial score (nSPS) is 25.4. The van der Waals surface area contributed by atoms with Crippen molar-refractivity contribution < 1.29 is 9.53 Å². The van der Waals surface area contributed by atoms with Gasteiger partial charge in [0.1, 0.15) is 5.78 Å². The van der Waals surface area contributed by atoms with Gasteiger partial charge in [-0.05, 0) is 19.3 Å². The van der Waals surface area contributed by atoms with Crippen LogP contribution < -0.4 is 0 Å². The molecule has 0 spiro atoms. The first-order valence-electron chi connectivity index (χ1n) is 4.83. The van der Waals surface area contributed by atoms with Gasteiger partial charge in [0.05, 0.1) is 0 Å². The van der Waals surface area contributed by atoms with E-state index in [2.05, 4.69) is 0 Å². The zero-order valence-corrected chi connectivity index (χ0v) is 8.01. The Morgan fingerprint density at radius 3 is 2.75 bits per heavy atom. The van der Waals surface area contributed by atoms with E-state index in [1.807, 2.05) is 13.8 Å². The van der Waals surface area contributed by atoms with Crippen molar-refractivity contribution in [1.29, 1.82) is 0 Å². The highest BCUT2D eigenvalue weighted by Gasteiger charge is 2.21. The quantitative estimate of drug-likeness (QED) is 0.634. The zero-order valence-electron chi connectivity index (χ0n) is 8.01. The SMILES string of the molecule is CC(C)C(=O)C1CCCOCC1. The predicted octanol–water partition coefficient (Wildman–Crippen LogP) is 2.03. The molecular weight excluding hydrogens is 152 g/mol. The second-order valence-corrected chi connectivity index (χ2v) is 3.80. The Balaban J connectivity index is 2.43. The van der Waals surface area contributed by atoms with Gasteiger partial charge >= 0.3 is 0 Å². The summed E-state index contributed by atoms with van der Waals surface area (Å²) in [5, 5.41) is 0. The van der Waals surface area contributed by atoms with Crippen molar-refractivity contribution in [3.63, 3.8) is 0 Å². The second kappa shape index (κ2) is 4.61. The van der Waals surface area contributed by atoms with Gasteiger partial charge in [0.15, 0.2) is 0 Å². The molecule has 1 unspecified atom stereocenters. The highest BCUT2D eigenvalue weighted by Crippen LogP contribution is 2.19. The van der Waals surface area contributed by atoms with Crippen LogP contribution in [0.4, 0.5) is 0 Å². The van der Waals surface area contributed by atoms with E-state index < -0.39 is 0 Å². The molecule has 0 bridgehead atoms. The first kappa shape index (κ1) is 9.72. The molecule has 2 nitrogen and oxygen atoms in total. The van der Waals surface area contributed by atoms with Crippen molar-refractivity contribution in [2.75, 3.05) is 13.2 Å². The van der Waals surface area contributed by atoms with E-state index in [0.717, 1.165) is 32.5 Å². The molecule has 1 fully saturated rings. The number of rotatable bonds is 2. The van der Waals surface area contributed by atoms with Gasteiger partial charge < -0.3 is 4.74 Å². The molecule has 0 aromatic heterocycles. The highest BCUT2D eigenvalue weighted by molar-refractivity contribution is 5.82. The molecule has 1 rings (SSSR count). The van der Waals surface area contributed by atoms with E-state index in [-0.39, 0.29) is 11.8 Å². The minimum absolute atomic E-state index is 0.188. The number of hydrogen-bond donors (Lipinski definition) is 0. The molecule has 1 heterocycles. The van der Waals surface area contributed by atoms with Crippen molar-refractivity contribution in [2.45, 2.75) is 33.1 Å². The van der Waals surface area contributed by atoms with Crippen LogP contribution in [0, 0.1) is 11.8 Å². The van der Waals surface area contributed by atoms with E-state index >= 15 is 0 Å². The van der Waals surface area contributed by atoms with Gasteiger partial charge in [-0.25, -0.2) is 0 Å². The minimum atomic E-state index is 0.188. The van der Waals surface area contributed by atoms with Crippen LogP contribution >= 0.6 is 0 Å². The molecular formula is C10H18O2. The van der Waals surface area contributed by atoms with E-state index in [9.17, 15) is 4.79 Å². The third-order valence-corrected chi connectivity index (χ3v) is 2.42. The van der Waals surface area contributed by atoms with Crippen molar-refractivity contribution in [1.82, 2.24) is 0 Å². The van der Waals surface area contributed by atoms with Crippen molar-refractivity contribution in [2.24, 2.45) is 11.8 Å². The van der Waals surface area contributed by atoms with Gasteiger partial charge in [-0.2, -0.15) is 0 Å². The number of carbonyl (C=O) groups excluding carboxylic acids is 1. The first-order valence-corrected chi connectivity index (χ1v) is 4.83. The molecule has 2 heteroatoms. The Labute approximate surface area is 74.3 Å². The van der Waals surface area contributed by atoms with Crippen LogP contribution in [-0.4, -0.2) is 19.0 Å². The van der Waals surface area contributed by atoms with Crippen LogP contribution in [-0.2, 0) is 9.53 Å². The number of ketones is 1. The lowest BCUT2D eigenvalue weighted by atomic mass is 9.89. The highest BCUT2D eigenvalue weighted by atomic mass is 16.5. The lowest BCUT2D eigenvalue weighted by molar-refractivity contribution is -0.126. The maximum absolute atomic E-state index is 11.6. The fourth-order valence-corrected chi connectivity index (χ4v) is 1.66. The van der Waals surface area contributed by atoms with E-state index in [1.165, 1.54) is 0 Å². The molecule has 12 heavy (non-hydrogen) atoms. The number of Topliss-reactive ketones (excluding diaryl/α,β-unsaturated/α-hetero) is 1. The zero-order chi connectivity index (χ0) is 8.97. The summed E-state index contributed by atoms with van der Waals surface area (Å²) in [4.78, 5) is 11.6. The maximum atomic E-state index is 11.6. The lowest BCUT2D eigenvalue weighted by Crippen LogP contribution is -2.20. The van der Waals surface area contributed by atoms with E-state index in [1.54, 1.807) is 0 Å². The maximum Gasteiger partial charge on any atom is 0.138 e. The molecule has 0 N–H and O–H groups in total. The summed E-state index contributed by atoms with van der Waals surface area (Å²) in [5.74, 6) is 0.876. The van der Waals surface area contributed by atoms with Gasteiger partial charge in [-0.3, -0.25) is 4.79 Å². The molecule has 1 aliphatic rings. The third kappa shape index (κ3) is 2.59. The van der Waals surface area contributed by atoms with E-state index in [4.69, 9.17) is 4.74 Å². The average Bonchev–Trinajstić information content (AvgIpc) is 2.30. The van der Waals surface area contributed by atoms with Crippen molar-refractivity contribution in [3.8, 4) is 0 Å². The molecule has 0 aliphatic carbocycles. The van der Waals surface area contributed by atoms with Crippen molar-refractivity contribution >= 4 is 5.78 Å². The first-order chi connectivity index (χ1) is 5.72. The molecule has 0 radical (unpaired) electrons. The Morgan fingerprint density at radius 1 is 1.33 bits per heavy atom. The minimum Gasteiger partial charge on any atom is -0.381 e. The monoisotopic (exact) mass is 170 g/mol. The molecule has 0 saturated carbocycles. The topological polar surface area (TPSA) is 26.3 Å². The smallest absolute Gasteiger partial charge is 0.138 e. The van der Waals surface area contributed by atoms with Gasteiger partial charge in [0.2, 0.25) is 0 Å². The van der Waals surface area contributed by atoms with Gasteiger partial charge in [0, 0.05) is 25.0 Å². The summed E-state index contributed by atoms with van der Waals surface area (Å²) in [6.45, 7) is 5.56. The second-order valence-electron chi connectivity index (χ2n) is 3.80. The number of hydrogen-bond acceptors (Lipinski definition) is 2. The molecule has 0 amide bonds. The summed E-state index contributed by atoms with van der Waals surface area (Å²) in [6, 6.07) is 0. The fraction of sp³-hybridized carbons (Fsp3) is 0.900. The molecule has 70 valence electrons. The molecule has 1 saturated heterocycles. The molecule has 1 aliphatic heterocycles. The summed E-state index contributed by atoms with van der Waals surface area (Å²) < 4.78 is 5.30. The van der Waals surface area contributed by atoms with Crippen LogP contribution in [0.1, 0.15) is 33.1 Å². The molecule has 0 aromatic rings. The summed E-state index contributed by atoms with van der Waals surface area (Å²) in [7, 11) is 0. The Bertz CT molecular complexity index is 144. The third-order valence-electron chi connectivity index (χ3n) is 2.42. The van der Waals surface area contributed by atoms with Crippen LogP contribution in [0.25, 0.3) is 0 Å². The van der Waals surface area contributed by atoms with E-state index in [0.29, 0.717) is 5.78 Å². The fourth-order valence-electron chi connectivity index (χ4n) is 1.66. The number of carbonyl (C=O) groups is 1. The van der Waals surface area contributed by atoms with Gasteiger partial charge in [-0.15, -0.1) is 0 Å². The predicted molar refractivity (Wildman–Crippen MR) is 48.0 cm³/mol. The number of ether oxygens (including phenoxy) is 1. The van der Waals surface area contributed by atoms with Crippen LogP contribution in [0.5, 0.6) is 0 Å². The molecule has 1 atom stereocenters. The molecule has 0 aromatic carbocycles. The van der Waals surface area contributed by atoms with Crippen LogP contribution in [0.3, 0.4) is 0 Å². The average molecular weight is 170 g/mol. The van der Waals surface area contributed by atoms with Gasteiger partial charge in [-0.1, -0.05) is 13.8 Å². The standard InChI is InChI=1S/C10H18O2/c1-8(2)10(11)9-4-3-6-12-7-5-9/h8-9H,3-7H2,1-2H3. The largest absolute Gasteiger partial charge is 0.381 e. The summed E-state index contributed by atoms with van der Waals surface area (Å²) in [6.07, 6.45) is 3.00. The lowest BCUT2D eigenvalue weighted by Gasteiger charge is -2.13. The van der Waals surface area contributed by atoms with Crippen LogP contribution in [0.15, 0.2) is 0 Å². The summed E-state index contributed by atoms with van der Waals surface area (Å²) in [5.41, 5.74) is 0. The van der Waals surface area contributed by atoms with Crippen molar-refractivity contribution in [3.05, 3.63) is 0 Å². The Kier molecular flexibility index (Phi) is 3.73. The van der Waals surface area contributed by atoms with Gasteiger partial charge in [0.25, 0.3) is 0 Å². The Morgan fingerprint density at radius 2 is 2.08 bits per heavy atom. The van der Waals surface area contributed by atoms with Crippen LogP contribution in [0.2, 0.25) is 0 Å². The summed E-state index contributed by atoms with van der Waals surface area (Å²) >= 11 is 0.